The average Bonchev–Trinajstić information content (AvgIpc) is 3.38. The maximum absolute atomic E-state index is 12.8. The molecule has 1 aliphatic rings. The van der Waals surface area contributed by atoms with E-state index in [1.165, 1.54) is 23.3 Å². The first-order valence-electron chi connectivity index (χ1n) is 10.6. The van der Waals surface area contributed by atoms with Crippen LogP contribution in [0.3, 0.4) is 0 Å². The van der Waals surface area contributed by atoms with Crippen LogP contribution in [-0.2, 0) is 19.0 Å². The average molecular weight is 476 g/mol. The number of aliphatic hydroxyl groups excluding tert-OH is 1. The summed E-state index contributed by atoms with van der Waals surface area (Å²) in [6.45, 7) is 2.12. The first-order chi connectivity index (χ1) is 15.7. The second-order valence-corrected chi connectivity index (χ2v) is 9.15. The van der Waals surface area contributed by atoms with E-state index < -0.39 is 17.8 Å². The van der Waals surface area contributed by atoms with Crippen molar-refractivity contribution in [1.82, 2.24) is 15.6 Å². The van der Waals surface area contributed by atoms with Crippen LogP contribution in [0.15, 0.2) is 48.5 Å². The molecule has 1 aromatic heterocycles. The number of hydrogen-bond acceptors (Lipinski definition) is 5. The number of hydrogen-bond donors (Lipinski definition) is 3. The molecule has 1 atom stereocenters. The van der Waals surface area contributed by atoms with Crippen molar-refractivity contribution in [3.05, 3.63) is 75.8 Å². The quantitative estimate of drug-likeness (QED) is 0.483. The maximum atomic E-state index is 12.8. The number of alkyl halides is 3. The molecule has 0 saturated heterocycles. The van der Waals surface area contributed by atoms with Gasteiger partial charge in [-0.15, -0.1) is 11.3 Å². The van der Waals surface area contributed by atoms with Gasteiger partial charge in [0.25, 0.3) is 5.91 Å². The first kappa shape index (κ1) is 23.4. The molecule has 174 valence electrons. The molecule has 5 nitrogen and oxygen atoms in total. The molecule has 3 N–H and O–H groups in total. The van der Waals surface area contributed by atoms with Gasteiger partial charge < -0.3 is 15.7 Å². The number of amides is 1. The van der Waals surface area contributed by atoms with Gasteiger partial charge in [0.1, 0.15) is 9.88 Å². The Kier molecular flexibility index (Phi) is 6.83. The van der Waals surface area contributed by atoms with Gasteiger partial charge in [-0.05, 0) is 43.0 Å². The van der Waals surface area contributed by atoms with Crippen molar-refractivity contribution in [2.24, 2.45) is 0 Å². The summed E-state index contributed by atoms with van der Waals surface area (Å²) in [6.07, 6.45) is -3.32. The Balaban J connectivity index is 1.28. The third kappa shape index (κ3) is 5.61. The van der Waals surface area contributed by atoms with Gasteiger partial charge in [-0.3, -0.25) is 4.79 Å². The van der Waals surface area contributed by atoms with Crippen LogP contribution in [-0.4, -0.2) is 41.2 Å². The molecule has 33 heavy (non-hydrogen) atoms. The largest absolute Gasteiger partial charge is 0.416 e. The number of nitrogens with one attached hydrogen (secondary N) is 2. The zero-order valence-corrected chi connectivity index (χ0v) is 18.8. The van der Waals surface area contributed by atoms with E-state index in [1.54, 1.807) is 6.92 Å². The van der Waals surface area contributed by atoms with Crippen LogP contribution in [0.5, 0.6) is 0 Å². The van der Waals surface area contributed by atoms with Crippen LogP contribution in [0, 0.1) is 6.92 Å². The Bertz CT molecular complexity index is 1100. The fourth-order valence-corrected chi connectivity index (χ4v) is 4.89. The van der Waals surface area contributed by atoms with Gasteiger partial charge in [-0.1, -0.05) is 36.4 Å². The summed E-state index contributed by atoms with van der Waals surface area (Å²) in [4.78, 5) is 17.3. The van der Waals surface area contributed by atoms with E-state index in [1.807, 2.05) is 12.1 Å². The predicted octanol–water partition coefficient (Wildman–Crippen LogP) is 3.99. The molecule has 4 rings (SSSR count). The number of nitrogens with zero attached hydrogens (tertiary/aromatic N) is 1. The minimum absolute atomic E-state index is 0.0818. The van der Waals surface area contributed by atoms with Gasteiger partial charge in [0.2, 0.25) is 0 Å². The molecule has 0 bridgehead atoms. The van der Waals surface area contributed by atoms with E-state index in [2.05, 4.69) is 27.8 Å². The van der Waals surface area contributed by atoms with Crippen LogP contribution in [0.25, 0.3) is 10.6 Å². The normalized spacial score (nSPS) is 14.8. The second-order valence-electron chi connectivity index (χ2n) is 8.15. The highest BCUT2D eigenvalue weighted by Crippen LogP contribution is 2.33. The number of carbonyl (C=O) groups is 1. The molecule has 0 unspecified atom stereocenters. The monoisotopic (exact) mass is 475 g/mol. The van der Waals surface area contributed by atoms with Gasteiger partial charge in [-0.2, -0.15) is 13.2 Å². The number of carbonyl (C=O) groups excluding carboxylic acids is 1. The molecule has 0 radical (unpaired) electrons. The summed E-state index contributed by atoms with van der Waals surface area (Å²) in [5.74, 6) is -0.365. The lowest BCUT2D eigenvalue weighted by atomic mass is 10.1. The van der Waals surface area contributed by atoms with Crippen LogP contribution in [0.4, 0.5) is 13.2 Å². The Morgan fingerprint density at radius 3 is 2.36 bits per heavy atom. The predicted molar refractivity (Wildman–Crippen MR) is 121 cm³/mol. The molecular formula is C24H24F3N3O2S. The maximum Gasteiger partial charge on any atom is 0.416 e. The van der Waals surface area contributed by atoms with E-state index in [0.717, 1.165) is 36.3 Å². The van der Waals surface area contributed by atoms with E-state index in [9.17, 15) is 23.1 Å². The zero-order valence-electron chi connectivity index (χ0n) is 17.9. The third-order valence-corrected chi connectivity index (χ3v) is 6.86. The third-order valence-electron chi connectivity index (χ3n) is 5.65. The van der Waals surface area contributed by atoms with E-state index >= 15 is 0 Å². The molecule has 2 aromatic carbocycles. The highest BCUT2D eigenvalue weighted by molar-refractivity contribution is 7.17. The molecule has 0 fully saturated rings. The van der Waals surface area contributed by atoms with Crippen LogP contribution in [0.1, 0.15) is 32.1 Å². The molecule has 9 heteroatoms. The summed E-state index contributed by atoms with van der Waals surface area (Å²) < 4.78 is 38.3. The molecule has 3 aromatic rings. The molecule has 0 spiro atoms. The second kappa shape index (κ2) is 9.62. The van der Waals surface area contributed by atoms with Crippen molar-refractivity contribution < 1.29 is 23.1 Å². The van der Waals surface area contributed by atoms with E-state index in [0.29, 0.717) is 27.7 Å². The number of aryl methyl sites for hydroxylation is 1. The van der Waals surface area contributed by atoms with Crippen molar-refractivity contribution in [3.63, 3.8) is 0 Å². The summed E-state index contributed by atoms with van der Waals surface area (Å²) in [7, 11) is 0. The van der Waals surface area contributed by atoms with E-state index in [4.69, 9.17) is 0 Å². The van der Waals surface area contributed by atoms with Crippen molar-refractivity contribution in [2.75, 3.05) is 13.1 Å². The Labute approximate surface area is 193 Å². The summed E-state index contributed by atoms with van der Waals surface area (Å²) in [6, 6.07) is 13.2. The minimum atomic E-state index is -4.40. The Morgan fingerprint density at radius 2 is 1.76 bits per heavy atom. The fourth-order valence-electron chi connectivity index (χ4n) is 3.90. The molecular weight excluding hydrogens is 451 g/mol. The molecule has 1 amide bonds. The summed E-state index contributed by atoms with van der Waals surface area (Å²) in [5.41, 5.74) is 2.91. The molecule has 0 aliphatic heterocycles. The standard InChI is InChI=1S/C24H24F3N3O2S/c1-14-21(33-23(30-14)15-6-8-18(9-7-15)24(25,26)27)22(32)29-13-20(31)12-28-19-10-16-4-2-3-5-17(16)11-19/h2-9,19-20,28,31H,10-13H2,1H3,(H,29,32)/t20-/m1/s1. The molecule has 1 aliphatic carbocycles. The van der Waals surface area contributed by atoms with Gasteiger partial charge in [-0.25, -0.2) is 4.98 Å². The highest BCUT2D eigenvalue weighted by Gasteiger charge is 2.30. The lowest BCUT2D eigenvalue weighted by Crippen LogP contribution is -2.41. The van der Waals surface area contributed by atoms with Crippen LogP contribution >= 0.6 is 11.3 Å². The molecule has 0 saturated carbocycles. The number of fused-ring (bicyclic) bond motifs is 1. The first-order valence-corrected chi connectivity index (χ1v) is 11.4. The Morgan fingerprint density at radius 1 is 1.12 bits per heavy atom. The minimum Gasteiger partial charge on any atom is -0.390 e. The van der Waals surface area contributed by atoms with Gasteiger partial charge in [0.05, 0.1) is 17.4 Å². The lowest BCUT2D eigenvalue weighted by molar-refractivity contribution is -0.137. The number of benzene rings is 2. The topological polar surface area (TPSA) is 74.2 Å². The zero-order chi connectivity index (χ0) is 23.6. The van der Waals surface area contributed by atoms with Crippen molar-refractivity contribution in [2.45, 2.75) is 38.1 Å². The highest BCUT2D eigenvalue weighted by atomic mass is 32.1. The summed E-state index contributed by atoms with van der Waals surface area (Å²) >= 11 is 1.11. The number of halogens is 3. The van der Waals surface area contributed by atoms with Crippen molar-refractivity contribution in [3.8, 4) is 10.6 Å². The van der Waals surface area contributed by atoms with Crippen LogP contribution < -0.4 is 10.6 Å². The van der Waals surface area contributed by atoms with Crippen molar-refractivity contribution in [1.29, 1.82) is 0 Å². The van der Waals surface area contributed by atoms with Crippen LogP contribution in [0.2, 0.25) is 0 Å². The summed E-state index contributed by atoms with van der Waals surface area (Å²) in [5, 5.41) is 16.8. The Hall–Kier alpha value is -2.75. The number of aliphatic hydroxyl groups is 1. The number of aromatic nitrogens is 1. The van der Waals surface area contributed by atoms with Gasteiger partial charge >= 0.3 is 6.18 Å². The lowest BCUT2D eigenvalue weighted by Gasteiger charge is -2.16. The van der Waals surface area contributed by atoms with Gasteiger partial charge in [0, 0.05) is 24.7 Å². The fraction of sp³-hybridized carbons (Fsp3) is 0.333. The SMILES string of the molecule is Cc1nc(-c2ccc(C(F)(F)F)cc2)sc1C(=O)NC[C@H](O)CNC1Cc2ccccc2C1. The number of thiazole rings is 1. The van der Waals surface area contributed by atoms with Gasteiger partial charge in [0.15, 0.2) is 0 Å². The smallest absolute Gasteiger partial charge is 0.390 e. The van der Waals surface area contributed by atoms with E-state index in [-0.39, 0.29) is 18.5 Å². The molecule has 1 heterocycles. The van der Waals surface area contributed by atoms with Crippen molar-refractivity contribution >= 4 is 17.2 Å². The number of rotatable bonds is 7.